The van der Waals surface area contributed by atoms with Gasteiger partial charge in [0.1, 0.15) is 6.04 Å². The van der Waals surface area contributed by atoms with Crippen LogP contribution >= 0.6 is 11.8 Å². The molecule has 0 aliphatic heterocycles. The zero-order valence-electron chi connectivity index (χ0n) is 15.7. The van der Waals surface area contributed by atoms with Crippen molar-refractivity contribution in [2.24, 2.45) is 0 Å². The smallest absolute Gasteiger partial charge is 0.413 e. The Morgan fingerprint density at radius 1 is 1.22 bits per heavy atom. The number of thioether (sulfide) groups is 1. The van der Waals surface area contributed by atoms with Gasteiger partial charge in [-0.25, -0.2) is 9.59 Å². The molecule has 1 rings (SSSR count). The molecule has 0 saturated carbocycles. The van der Waals surface area contributed by atoms with Crippen LogP contribution in [0.4, 0.5) is 4.79 Å². The van der Waals surface area contributed by atoms with E-state index in [-0.39, 0.29) is 0 Å². The van der Waals surface area contributed by atoms with E-state index in [1.807, 2.05) is 24.6 Å². The van der Waals surface area contributed by atoms with Gasteiger partial charge in [0.05, 0.1) is 7.11 Å². The number of ether oxygens (including phenoxy) is 2. The average Bonchev–Trinajstić information content (AvgIpc) is 2.64. The van der Waals surface area contributed by atoms with Crippen LogP contribution in [-0.2, 0) is 19.1 Å². The molecular formula is C18H24N2O6S. The van der Waals surface area contributed by atoms with E-state index in [2.05, 4.69) is 10.1 Å². The maximum atomic E-state index is 12.4. The second kappa shape index (κ2) is 11.2. The summed E-state index contributed by atoms with van der Waals surface area (Å²) >= 11 is 1.51. The van der Waals surface area contributed by atoms with Crippen LogP contribution in [0, 0.1) is 6.92 Å². The second-order valence-electron chi connectivity index (χ2n) is 5.74. The van der Waals surface area contributed by atoms with Crippen LogP contribution < -0.4 is 10.6 Å². The Morgan fingerprint density at radius 3 is 2.52 bits per heavy atom. The normalized spacial score (nSPS) is 12.4. The number of methoxy groups -OCH3 is 1. The van der Waals surface area contributed by atoms with Crippen LogP contribution in [0.5, 0.6) is 0 Å². The van der Waals surface area contributed by atoms with Crippen molar-refractivity contribution in [1.82, 2.24) is 10.6 Å². The van der Waals surface area contributed by atoms with Gasteiger partial charge in [-0.05, 0) is 44.4 Å². The molecule has 0 aromatic heterocycles. The Labute approximate surface area is 162 Å². The van der Waals surface area contributed by atoms with Crippen LogP contribution in [0.25, 0.3) is 0 Å². The van der Waals surface area contributed by atoms with E-state index >= 15 is 0 Å². The first kappa shape index (κ1) is 22.5. The summed E-state index contributed by atoms with van der Waals surface area (Å²) in [6.07, 6.45) is 0.0407. The molecule has 2 N–H and O–H groups in total. The molecule has 0 aliphatic carbocycles. The number of carbonyl (C=O) groups is 4. The summed E-state index contributed by atoms with van der Waals surface area (Å²) in [6.45, 7) is 3.18. The molecule has 9 heteroatoms. The van der Waals surface area contributed by atoms with Crippen molar-refractivity contribution >= 4 is 35.6 Å². The fourth-order valence-corrected chi connectivity index (χ4v) is 2.55. The number of hydrogen-bond acceptors (Lipinski definition) is 7. The van der Waals surface area contributed by atoms with E-state index in [9.17, 15) is 19.2 Å². The lowest BCUT2D eigenvalue weighted by Gasteiger charge is -2.20. The van der Waals surface area contributed by atoms with Gasteiger partial charge < -0.3 is 14.8 Å². The fourth-order valence-electron chi connectivity index (χ4n) is 2.08. The maximum absolute atomic E-state index is 12.4. The Morgan fingerprint density at radius 2 is 1.93 bits per heavy atom. The Kier molecular flexibility index (Phi) is 9.35. The number of carbonyl (C=O) groups excluding carboxylic acids is 4. The van der Waals surface area contributed by atoms with Crippen LogP contribution in [0.15, 0.2) is 24.3 Å². The van der Waals surface area contributed by atoms with Crippen LogP contribution in [-0.4, -0.2) is 55.1 Å². The predicted molar refractivity (Wildman–Crippen MR) is 102 cm³/mol. The van der Waals surface area contributed by atoms with Crippen molar-refractivity contribution in [2.75, 3.05) is 19.1 Å². The molecule has 0 unspecified atom stereocenters. The van der Waals surface area contributed by atoms with Crippen molar-refractivity contribution in [1.29, 1.82) is 0 Å². The number of amides is 3. The first-order chi connectivity index (χ1) is 12.8. The van der Waals surface area contributed by atoms with Crippen molar-refractivity contribution < 1.29 is 28.7 Å². The number of rotatable bonds is 8. The molecular weight excluding hydrogens is 372 g/mol. The summed E-state index contributed by atoms with van der Waals surface area (Å²) in [5.41, 5.74) is 1.34. The van der Waals surface area contributed by atoms with Gasteiger partial charge in [0.2, 0.25) is 0 Å². The molecule has 148 valence electrons. The third kappa shape index (κ3) is 7.69. The van der Waals surface area contributed by atoms with Crippen molar-refractivity contribution in [3.63, 3.8) is 0 Å². The molecule has 0 saturated heterocycles. The highest BCUT2D eigenvalue weighted by atomic mass is 32.2. The fraction of sp³-hybridized carbons (Fsp3) is 0.444. The minimum atomic E-state index is -1.22. The van der Waals surface area contributed by atoms with E-state index in [1.54, 1.807) is 18.2 Å². The van der Waals surface area contributed by atoms with Crippen LogP contribution in [0.3, 0.4) is 0 Å². The molecule has 0 bridgehead atoms. The van der Waals surface area contributed by atoms with E-state index in [0.717, 1.165) is 12.7 Å². The van der Waals surface area contributed by atoms with Crippen molar-refractivity contribution in [3.05, 3.63) is 35.4 Å². The van der Waals surface area contributed by atoms with Gasteiger partial charge in [0, 0.05) is 5.56 Å². The van der Waals surface area contributed by atoms with E-state index in [4.69, 9.17) is 4.74 Å². The van der Waals surface area contributed by atoms with E-state index in [0.29, 0.717) is 17.7 Å². The van der Waals surface area contributed by atoms with Gasteiger partial charge in [-0.15, -0.1) is 0 Å². The summed E-state index contributed by atoms with van der Waals surface area (Å²) < 4.78 is 9.41. The summed E-state index contributed by atoms with van der Waals surface area (Å²) in [5.74, 6) is -1.37. The zero-order chi connectivity index (χ0) is 20.4. The molecule has 0 spiro atoms. The number of esters is 1. The van der Waals surface area contributed by atoms with E-state index in [1.165, 1.54) is 18.7 Å². The largest absolute Gasteiger partial charge is 0.453 e. The minimum absolute atomic E-state index is 0.336. The molecule has 2 atom stereocenters. The molecule has 0 radical (unpaired) electrons. The second-order valence-corrected chi connectivity index (χ2v) is 6.72. The van der Waals surface area contributed by atoms with Gasteiger partial charge in [-0.2, -0.15) is 11.8 Å². The SMILES string of the molecule is COC(=O)NC(=O)[C@@H](C)OC(=O)[C@@H](CCSC)NC(=O)c1cccc(C)c1. The van der Waals surface area contributed by atoms with Gasteiger partial charge >= 0.3 is 12.1 Å². The van der Waals surface area contributed by atoms with E-state index < -0.39 is 36.0 Å². The third-order valence-corrected chi connectivity index (χ3v) is 4.20. The summed E-state index contributed by atoms with van der Waals surface area (Å²) in [5, 5.41) is 4.56. The molecule has 8 nitrogen and oxygen atoms in total. The molecule has 1 aromatic carbocycles. The van der Waals surface area contributed by atoms with Gasteiger partial charge in [0.15, 0.2) is 6.10 Å². The highest BCUT2D eigenvalue weighted by Crippen LogP contribution is 2.08. The minimum Gasteiger partial charge on any atom is -0.453 e. The van der Waals surface area contributed by atoms with Gasteiger partial charge in [-0.1, -0.05) is 17.7 Å². The number of aryl methyl sites for hydroxylation is 1. The predicted octanol–water partition coefficient (Wildman–Crippen LogP) is 1.66. The molecule has 0 fully saturated rings. The molecule has 1 aromatic rings. The highest BCUT2D eigenvalue weighted by Gasteiger charge is 2.27. The van der Waals surface area contributed by atoms with Gasteiger partial charge in [-0.3, -0.25) is 14.9 Å². The van der Waals surface area contributed by atoms with Crippen molar-refractivity contribution in [3.8, 4) is 0 Å². The lowest BCUT2D eigenvalue weighted by atomic mass is 10.1. The monoisotopic (exact) mass is 396 g/mol. The number of alkyl carbamates (subject to hydrolysis) is 1. The lowest BCUT2D eigenvalue weighted by molar-refractivity contribution is -0.156. The summed E-state index contributed by atoms with van der Waals surface area (Å²) in [4.78, 5) is 47.7. The zero-order valence-corrected chi connectivity index (χ0v) is 16.6. The number of benzene rings is 1. The number of imide groups is 1. The summed E-state index contributed by atoms with van der Waals surface area (Å²) in [6, 6.07) is 6.04. The van der Waals surface area contributed by atoms with Crippen LogP contribution in [0.2, 0.25) is 0 Å². The Bertz CT molecular complexity index is 694. The number of nitrogens with one attached hydrogen (secondary N) is 2. The van der Waals surface area contributed by atoms with Gasteiger partial charge in [0.25, 0.3) is 11.8 Å². The lowest BCUT2D eigenvalue weighted by Crippen LogP contribution is -2.46. The Hall–Kier alpha value is -2.55. The first-order valence-corrected chi connectivity index (χ1v) is 9.63. The van der Waals surface area contributed by atoms with Crippen LogP contribution in [0.1, 0.15) is 29.3 Å². The summed E-state index contributed by atoms with van der Waals surface area (Å²) in [7, 11) is 1.11. The molecule has 0 heterocycles. The first-order valence-electron chi connectivity index (χ1n) is 8.24. The Balaban J connectivity index is 2.76. The van der Waals surface area contributed by atoms with Crippen molar-refractivity contribution in [2.45, 2.75) is 32.4 Å². The highest BCUT2D eigenvalue weighted by molar-refractivity contribution is 7.98. The molecule has 3 amide bonds. The maximum Gasteiger partial charge on any atom is 0.413 e. The average molecular weight is 396 g/mol. The molecule has 27 heavy (non-hydrogen) atoms. The molecule has 0 aliphatic rings. The topological polar surface area (TPSA) is 111 Å². The quantitative estimate of drug-likeness (QED) is 0.643. The number of hydrogen-bond donors (Lipinski definition) is 2. The third-order valence-electron chi connectivity index (χ3n) is 3.55. The standard InChI is InChI=1S/C18H24N2O6S/c1-11-6-5-7-13(10-11)16(22)19-14(8-9-27-4)17(23)26-12(2)15(21)20-18(24)25-3/h5-7,10,12,14H,8-9H2,1-4H3,(H,19,22)(H,20,21,24)/t12-,14-/m1/s1.